The van der Waals surface area contributed by atoms with Crippen LogP contribution in [0.1, 0.15) is 77.7 Å². The minimum atomic E-state index is -2.23. The summed E-state index contributed by atoms with van der Waals surface area (Å²) in [7, 11) is -2.23. The van der Waals surface area contributed by atoms with Gasteiger partial charge in [0.1, 0.15) is 41.1 Å². The van der Waals surface area contributed by atoms with Crippen molar-refractivity contribution >= 4 is 20.4 Å². The zero-order valence-corrected chi connectivity index (χ0v) is 32.3. The van der Waals surface area contributed by atoms with Crippen LogP contribution in [0.5, 0.6) is 17.2 Å². The maximum atomic E-state index is 13.7. The van der Waals surface area contributed by atoms with Gasteiger partial charge in [-0.3, -0.25) is 0 Å². The van der Waals surface area contributed by atoms with Crippen LogP contribution in [0.2, 0.25) is 18.1 Å². The van der Waals surface area contributed by atoms with Crippen molar-refractivity contribution in [2.24, 2.45) is 0 Å². The van der Waals surface area contributed by atoms with Crippen LogP contribution in [0.15, 0.2) is 66.7 Å². The highest BCUT2D eigenvalue weighted by molar-refractivity contribution is 6.74. The van der Waals surface area contributed by atoms with Gasteiger partial charge < -0.3 is 33.0 Å². The van der Waals surface area contributed by atoms with Crippen molar-refractivity contribution in [3.8, 4) is 28.4 Å². The van der Waals surface area contributed by atoms with E-state index < -0.39 is 31.8 Å². The molecule has 2 aliphatic heterocycles. The molecular weight excluding hydrogens is 651 g/mol. The summed E-state index contributed by atoms with van der Waals surface area (Å²) in [6.07, 6.45) is 0.465. The van der Waals surface area contributed by atoms with E-state index in [1.807, 2.05) is 75.4 Å². The van der Waals surface area contributed by atoms with Crippen LogP contribution < -0.4 is 14.2 Å². The molecule has 0 spiro atoms. The van der Waals surface area contributed by atoms with Gasteiger partial charge in [0.25, 0.3) is 0 Å². The molecule has 5 rings (SSSR count). The number of amides is 1. The number of rotatable bonds is 10. The SMILES string of the molecule is CC(C)(C)OC(=O)N(C[C@@H]1CCc2cc(-c3ccc4c(c3)OC(C)(C)OC4=O)ccc2O1)C[C@@H](COc1ccccc1)O[Si](C)(C)C(C)(C)C. The van der Waals surface area contributed by atoms with E-state index in [2.05, 4.69) is 39.9 Å². The maximum absolute atomic E-state index is 13.7. The molecule has 270 valence electrons. The van der Waals surface area contributed by atoms with Crippen LogP contribution in [0.3, 0.4) is 0 Å². The molecule has 2 atom stereocenters. The summed E-state index contributed by atoms with van der Waals surface area (Å²) in [6.45, 7) is 21.0. The van der Waals surface area contributed by atoms with Crippen LogP contribution in [0.4, 0.5) is 4.79 Å². The van der Waals surface area contributed by atoms with Gasteiger partial charge in [0, 0.05) is 13.8 Å². The van der Waals surface area contributed by atoms with E-state index in [4.69, 9.17) is 28.1 Å². The third-order valence-electron chi connectivity index (χ3n) is 9.27. The zero-order chi connectivity index (χ0) is 36.5. The van der Waals surface area contributed by atoms with Crippen molar-refractivity contribution in [3.63, 3.8) is 0 Å². The first-order valence-corrected chi connectivity index (χ1v) is 20.4. The zero-order valence-electron chi connectivity index (χ0n) is 31.3. The number of hydrogen-bond donors (Lipinski definition) is 0. The topological polar surface area (TPSA) is 92.8 Å². The Labute approximate surface area is 298 Å². The summed E-state index contributed by atoms with van der Waals surface area (Å²) >= 11 is 0. The number of benzene rings is 3. The highest BCUT2D eigenvalue weighted by Crippen LogP contribution is 2.39. The van der Waals surface area contributed by atoms with Gasteiger partial charge in [-0.2, -0.15) is 0 Å². The van der Waals surface area contributed by atoms with Crippen molar-refractivity contribution in [3.05, 3.63) is 77.9 Å². The number of esters is 1. The summed E-state index contributed by atoms with van der Waals surface area (Å²) in [5.74, 6) is 0.621. The minimum absolute atomic E-state index is 0.0294. The Bertz CT molecular complexity index is 1670. The molecule has 2 heterocycles. The van der Waals surface area contributed by atoms with E-state index in [0.717, 1.165) is 41.0 Å². The van der Waals surface area contributed by atoms with Gasteiger partial charge in [-0.1, -0.05) is 51.1 Å². The van der Waals surface area contributed by atoms with Crippen molar-refractivity contribution in [1.82, 2.24) is 4.90 Å². The number of fused-ring (bicyclic) bond motifs is 2. The molecule has 10 heteroatoms. The van der Waals surface area contributed by atoms with E-state index in [1.54, 1.807) is 24.8 Å². The number of cyclic esters (lactones) is 1. The summed E-state index contributed by atoms with van der Waals surface area (Å²) < 4.78 is 36.8. The van der Waals surface area contributed by atoms with E-state index in [9.17, 15) is 9.59 Å². The second-order valence-electron chi connectivity index (χ2n) is 16.2. The summed E-state index contributed by atoms with van der Waals surface area (Å²) in [4.78, 5) is 27.9. The second kappa shape index (κ2) is 14.3. The first-order valence-electron chi connectivity index (χ1n) is 17.5. The third kappa shape index (κ3) is 9.40. The smallest absolute Gasteiger partial charge is 0.410 e. The Balaban J connectivity index is 1.34. The van der Waals surface area contributed by atoms with Gasteiger partial charge in [-0.25, -0.2) is 9.59 Å². The number of ether oxygens (including phenoxy) is 5. The number of nitrogens with zero attached hydrogens (tertiary/aromatic N) is 1. The standard InChI is InChI=1S/C40H53NO8Si/c1-38(2,3)48-37(43)41(25-32(49-50(9,10)39(4,5)6)26-44-30-14-12-11-13-15-30)24-31-19-16-29-22-27(18-21-34(29)45-31)28-17-20-33-35(23-28)46-40(7,8)47-36(33)42/h11-15,17-18,20-23,31-32H,16,19,24-26H2,1-10H3/t31-,32-/m0/s1. The second-order valence-corrected chi connectivity index (χ2v) is 21.0. The predicted molar refractivity (Wildman–Crippen MR) is 197 cm³/mol. The third-order valence-corrected chi connectivity index (χ3v) is 13.8. The van der Waals surface area contributed by atoms with Crippen molar-refractivity contribution in [1.29, 1.82) is 0 Å². The van der Waals surface area contributed by atoms with E-state index in [1.165, 1.54) is 0 Å². The number of carbonyl (C=O) groups excluding carboxylic acids is 2. The Morgan fingerprint density at radius 2 is 1.62 bits per heavy atom. The average Bonchev–Trinajstić information content (AvgIpc) is 3.01. The van der Waals surface area contributed by atoms with Gasteiger partial charge >= 0.3 is 12.1 Å². The molecule has 0 saturated heterocycles. The van der Waals surface area contributed by atoms with Gasteiger partial charge in [0.15, 0.2) is 8.32 Å². The van der Waals surface area contributed by atoms with Crippen LogP contribution >= 0.6 is 0 Å². The Morgan fingerprint density at radius 3 is 2.30 bits per heavy atom. The molecule has 0 fully saturated rings. The highest BCUT2D eigenvalue weighted by atomic mass is 28.4. The fourth-order valence-corrected chi connectivity index (χ4v) is 7.07. The monoisotopic (exact) mass is 703 g/mol. The van der Waals surface area contributed by atoms with Crippen molar-refractivity contribution < 1.29 is 37.7 Å². The molecule has 0 radical (unpaired) electrons. The van der Waals surface area contributed by atoms with Crippen LogP contribution in [-0.2, 0) is 20.3 Å². The van der Waals surface area contributed by atoms with Crippen LogP contribution in [0.25, 0.3) is 11.1 Å². The van der Waals surface area contributed by atoms with Gasteiger partial charge in [-0.15, -0.1) is 0 Å². The lowest BCUT2D eigenvalue weighted by molar-refractivity contribution is -0.127. The molecule has 3 aromatic rings. The maximum Gasteiger partial charge on any atom is 0.410 e. The molecule has 0 aromatic heterocycles. The molecule has 0 N–H and O–H groups in total. The molecule has 50 heavy (non-hydrogen) atoms. The van der Waals surface area contributed by atoms with E-state index >= 15 is 0 Å². The van der Waals surface area contributed by atoms with Crippen molar-refractivity contribution in [2.45, 2.75) is 110 Å². The lowest BCUT2D eigenvalue weighted by Gasteiger charge is -2.41. The molecule has 0 bridgehead atoms. The van der Waals surface area contributed by atoms with E-state index in [-0.39, 0.29) is 17.2 Å². The van der Waals surface area contributed by atoms with Gasteiger partial charge in [0.2, 0.25) is 5.79 Å². The molecule has 0 aliphatic carbocycles. The summed E-state index contributed by atoms with van der Waals surface area (Å²) in [5, 5.41) is -0.0294. The van der Waals surface area contributed by atoms with Crippen molar-refractivity contribution in [2.75, 3.05) is 19.7 Å². The molecule has 3 aromatic carbocycles. The Hall–Kier alpha value is -4.02. The van der Waals surface area contributed by atoms with Gasteiger partial charge in [0.05, 0.1) is 19.2 Å². The quantitative estimate of drug-likeness (QED) is 0.153. The van der Waals surface area contributed by atoms with Gasteiger partial charge in [-0.05, 0) is 105 Å². The fourth-order valence-electron chi connectivity index (χ4n) is 5.74. The Kier molecular flexibility index (Phi) is 10.7. The first kappa shape index (κ1) is 37.2. The normalized spacial score (nSPS) is 17.6. The number of hydrogen-bond acceptors (Lipinski definition) is 8. The minimum Gasteiger partial charge on any atom is -0.491 e. The molecule has 0 unspecified atom stereocenters. The summed E-state index contributed by atoms with van der Waals surface area (Å²) in [6, 6.07) is 21.3. The highest BCUT2D eigenvalue weighted by Gasteiger charge is 2.41. The molecule has 9 nitrogen and oxygen atoms in total. The molecular formula is C40H53NO8Si. The Morgan fingerprint density at radius 1 is 0.940 bits per heavy atom. The average molecular weight is 704 g/mol. The molecule has 0 saturated carbocycles. The fraction of sp³-hybridized carbons (Fsp3) is 0.500. The molecule has 2 aliphatic rings. The lowest BCUT2D eigenvalue weighted by Crippen LogP contribution is -2.52. The molecule has 1 amide bonds. The lowest BCUT2D eigenvalue weighted by atomic mass is 9.96. The number of para-hydroxylation sites is 1. The number of carbonyl (C=O) groups is 2. The summed E-state index contributed by atoms with van der Waals surface area (Å²) in [5.41, 5.74) is 2.75. The largest absolute Gasteiger partial charge is 0.491 e. The first-order chi connectivity index (χ1) is 23.3. The van der Waals surface area contributed by atoms with Crippen LogP contribution in [0, 0.1) is 0 Å². The number of aryl methyl sites for hydroxylation is 1. The predicted octanol–water partition coefficient (Wildman–Crippen LogP) is 9.04. The van der Waals surface area contributed by atoms with E-state index in [0.29, 0.717) is 31.0 Å². The van der Waals surface area contributed by atoms with Crippen LogP contribution in [-0.4, -0.2) is 68.6 Å².